The van der Waals surface area contributed by atoms with Gasteiger partial charge in [0.25, 0.3) is 0 Å². The van der Waals surface area contributed by atoms with Crippen LogP contribution in [-0.2, 0) is 4.79 Å². The molecule has 0 heterocycles. The third-order valence-corrected chi connectivity index (χ3v) is 1.95. The lowest BCUT2D eigenvalue weighted by Crippen LogP contribution is -2.40. The Morgan fingerprint density at radius 3 is 2.46 bits per heavy atom. The molecule has 0 aliphatic heterocycles. The molecule has 0 aromatic rings. The van der Waals surface area contributed by atoms with Gasteiger partial charge >= 0.3 is 0 Å². The van der Waals surface area contributed by atoms with Gasteiger partial charge in [0.15, 0.2) is 0 Å². The van der Waals surface area contributed by atoms with Gasteiger partial charge in [0.1, 0.15) is 0 Å². The maximum absolute atomic E-state index is 11.2. The van der Waals surface area contributed by atoms with E-state index in [4.69, 9.17) is 10.8 Å². The van der Waals surface area contributed by atoms with Crippen molar-refractivity contribution in [1.29, 1.82) is 0 Å². The molecule has 0 saturated heterocycles. The van der Waals surface area contributed by atoms with Gasteiger partial charge in [-0.15, -0.1) is 0 Å². The molecule has 0 aromatic heterocycles. The van der Waals surface area contributed by atoms with Crippen molar-refractivity contribution in [2.75, 3.05) is 13.2 Å². The summed E-state index contributed by atoms with van der Waals surface area (Å²) in [5.74, 6) is -0.100. The van der Waals surface area contributed by atoms with E-state index >= 15 is 0 Å². The number of carbonyl (C=O) groups is 1. The molecule has 1 unspecified atom stereocenters. The predicted octanol–water partition coefficient (Wildman–Crippen LogP) is -0.142. The second-order valence-electron chi connectivity index (χ2n) is 4.25. The van der Waals surface area contributed by atoms with E-state index in [-0.39, 0.29) is 24.0 Å². The lowest BCUT2D eigenvalue weighted by atomic mass is 9.85. The highest BCUT2D eigenvalue weighted by Gasteiger charge is 2.22. The summed E-state index contributed by atoms with van der Waals surface area (Å²) in [6, 6.07) is -0.147. The number of nitrogens with one attached hydrogen (secondary N) is 1. The van der Waals surface area contributed by atoms with Gasteiger partial charge in [0.2, 0.25) is 5.91 Å². The van der Waals surface area contributed by atoms with Gasteiger partial charge in [0.05, 0.1) is 6.61 Å². The summed E-state index contributed by atoms with van der Waals surface area (Å²) < 4.78 is 0. The number of aliphatic hydroxyl groups is 1. The first kappa shape index (κ1) is 12.4. The minimum atomic E-state index is -0.147. The number of aliphatic hydroxyl groups excluding tert-OH is 1. The molecule has 1 amide bonds. The van der Waals surface area contributed by atoms with Crippen LogP contribution in [-0.4, -0.2) is 30.2 Å². The Hall–Kier alpha value is -0.610. The second kappa shape index (κ2) is 5.19. The summed E-state index contributed by atoms with van der Waals surface area (Å²) in [5, 5.41) is 11.0. The highest BCUT2D eigenvalue weighted by Crippen LogP contribution is 2.19. The van der Waals surface area contributed by atoms with Crippen molar-refractivity contribution in [2.45, 2.75) is 33.2 Å². The highest BCUT2D eigenvalue weighted by atomic mass is 16.3. The third kappa shape index (κ3) is 5.60. The van der Waals surface area contributed by atoms with Crippen LogP contribution < -0.4 is 11.1 Å². The number of amides is 1. The smallest absolute Gasteiger partial charge is 0.221 e. The minimum Gasteiger partial charge on any atom is -0.395 e. The highest BCUT2D eigenvalue weighted by molar-refractivity contribution is 5.76. The van der Waals surface area contributed by atoms with Crippen LogP contribution in [0, 0.1) is 5.41 Å². The Balaban J connectivity index is 3.79. The SMILES string of the molecule is CC(C)(C)C(N)CC(=O)NCCO. The molecule has 0 aliphatic rings. The molecule has 0 radical (unpaired) electrons. The number of hydrogen-bond donors (Lipinski definition) is 3. The number of carbonyl (C=O) groups excluding carboxylic acids is 1. The first-order valence-corrected chi connectivity index (χ1v) is 4.51. The lowest BCUT2D eigenvalue weighted by molar-refractivity contribution is -0.122. The maximum Gasteiger partial charge on any atom is 0.221 e. The molecule has 0 bridgehead atoms. The van der Waals surface area contributed by atoms with Crippen LogP contribution >= 0.6 is 0 Å². The Kier molecular flexibility index (Phi) is 4.95. The fraction of sp³-hybridized carbons (Fsp3) is 0.889. The summed E-state index contributed by atoms with van der Waals surface area (Å²) in [6.07, 6.45) is 0.309. The van der Waals surface area contributed by atoms with Gasteiger partial charge in [0, 0.05) is 19.0 Å². The second-order valence-corrected chi connectivity index (χ2v) is 4.25. The lowest BCUT2D eigenvalue weighted by Gasteiger charge is -2.26. The summed E-state index contributed by atoms with van der Waals surface area (Å²) >= 11 is 0. The Labute approximate surface area is 79.5 Å². The van der Waals surface area contributed by atoms with E-state index in [0.717, 1.165) is 0 Å². The van der Waals surface area contributed by atoms with Gasteiger partial charge in [-0.05, 0) is 5.41 Å². The molecule has 4 nitrogen and oxygen atoms in total. The molecule has 78 valence electrons. The molecule has 1 atom stereocenters. The van der Waals surface area contributed by atoms with E-state index in [1.165, 1.54) is 0 Å². The summed E-state index contributed by atoms with van der Waals surface area (Å²) in [6.45, 7) is 6.26. The first-order valence-electron chi connectivity index (χ1n) is 4.51. The molecule has 0 saturated carbocycles. The van der Waals surface area contributed by atoms with Crippen molar-refractivity contribution in [1.82, 2.24) is 5.32 Å². The average molecular weight is 188 g/mol. The largest absolute Gasteiger partial charge is 0.395 e. The van der Waals surface area contributed by atoms with E-state index in [2.05, 4.69) is 5.32 Å². The Morgan fingerprint density at radius 1 is 1.54 bits per heavy atom. The Morgan fingerprint density at radius 2 is 2.08 bits per heavy atom. The third-order valence-electron chi connectivity index (χ3n) is 1.95. The van der Waals surface area contributed by atoms with E-state index in [1.807, 2.05) is 20.8 Å². The van der Waals surface area contributed by atoms with E-state index in [0.29, 0.717) is 13.0 Å². The van der Waals surface area contributed by atoms with Gasteiger partial charge in [-0.3, -0.25) is 4.79 Å². The Bertz CT molecular complexity index is 163. The average Bonchev–Trinajstić information content (AvgIpc) is 1.99. The van der Waals surface area contributed by atoms with E-state index < -0.39 is 0 Å². The summed E-state index contributed by atoms with van der Waals surface area (Å²) in [4.78, 5) is 11.2. The predicted molar refractivity (Wildman–Crippen MR) is 52.1 cm³/mol. The van der Waals surface area contributed by atoms with Crippen LogP contribution in [0.5, 0.6) is 0 Å². The van der Waals surface area contributed by atoms with Crippen molar-refractivity contribution in [2.24, 2.45) is 11.1 Å². The molecular formula is C9H20N2O2. The molecular weight excluding hydrogens is 168 g/mol. The van der Waals surface area contributed by atoms with Gasteiger partial charge in [-0.1, -0.05) is 20.8 Å². The summed E-state index contributed by atoms with van der Waals surface area (Å²) in [7, 11) is 0. The molecule has 4 heteroatoms. The first-order chi connectivity index (χ1) is 5.88. The van der Waals surface area contributed by atoms with Crippen LogP contribution in [0.15, 0.2) is 0 Å². The molecule has 0 rings (SSSR count). The molecule has 0 aromatic carbocycles. The fourth-order valence-electron chi connectivity index (χ4n) is 0.773. The molecule has 13 heavy (non-hydrogen) atoms. The minimum absolute atomic E-state index is 0.0313. The molecule has 0 fully saturated rings. The van der Waals surface area contributed by atoms with Crippen molar-refractivity contribution >= 4 is 5.91 Å². The normalized spacial score (nSPS) is 13.9. The van der Waals surface area contributed by atoms with Crippen LogP contribution in [0.4, 0.5) is 0 Å². The van der Waals surface area contributed by atoms with Crippen LogP contribution in [0.25, 0.3) is 0 Å². The number of nitrogens with two attached hydrogens (primary N) is 1. The van der Waals surface area contributed by atoms with Crippen molar-refractivity contribution in [3.8, 4) is 0 Å². The fourth-order valence-corrected chi connectivity index (χ4v) is 0.773. The van der Waals surface area contributed by atoms with Gasteiger partial charge < -0.3 is 16.2 Å². The maximum atomic E-state index is 11.2. The summed E-state index contributed by atoms with van der Waals surface area (Å²) in [5.41, 5.74) is 5.74. The topological polar surface area (TPSA) is 75.4 Å². The molecule has 4 N–H and O–H groups in total. The zero-order chi connectivity index (χ0) is 10.5. The van der Waals surface area contributed by atoms with Crippen molar-refractivity contribution in [3.05, 3.63) is 0 Å². The number of rotatable bonds is 4. The quantitative estimate of drug-likeness (QED) is 0.574. The zero-order valence-electron chi connectivity index (χ0n) is 8.63. The van der Waals surface area contributed by atoms with Gasteiger partial charge in [-0.25, -0.2) is 0 Å². The van der Waals surface area contributed by atoms with Crippen molar-refractivity contribution in [3.63, 3.8) is 0 Å². The number of hydrogen-bond acceptors (Lipinski definition) is 3. The van der Waals surface area contributed by atoms with Gasteiger partial charge in [-0.2, -0.15) is 0 Å². The molecule has 0 spiro atoms. The van der Waals surface area contributed by atoms with Crippen LogP contribution in [0.2, 0.25) is 0 Å². The van der Waals surface area contributed by atoms with Crippen LogP contribution in [0.3, 0.4) is 0 Å². The van der Waals surface area contributed by atoms with E-state index in [1.54, 1.807) is 0 Å². The monoisotopic (exact) mass is 188 g/mol. The van der Waals surface area contributed by atoms with Crippen LogP contribution in [0.1, 0.15) is 27.2 Å². The van der Waals surface area contributed by atoms with E-state index in [9.17, 15) is 4.79 Å². The van der Waals surface area contributed by atoms with Crippen molar-refractivity contribution < 1.29 is 9.90 Å². The standard InChI is InChI=1S/C9H20N2O2/c1-9(2,3)7(10)6-8(13)11-4-5-12/h7,12H,4-6,10H2,1-3H3,(H,11,13). The zero-order valence-corrected chi connectivity index (χ0v) is 8.63. The molecule has 0 aliphatic carbocycles.